The minimum absolute atomic E-state index is 0.186. The molecule has 1 heterocycles. The third-order valence-corrected chi connectivity index (χ3v) is 2.47. The fourth-order valence-corrected chi connectivity index (χ4v) is 1.51. The lowest BCUT2D eigenvalue weighted by Gasteiger charge is -2.08. The molecule has 0 amide bonds. The molecule has 0 saturated carbocycles. The first-order valence-corrected chi connectivity index (χ1v) is 4.77. The largest absolute Gasteiger partial charge is 0.396 e. The van der Waals surface area contributed by atoms with Crippen LogP contribution in [0.25, 0.3) is 10.9 Å². The number of aromatic nitrogens is 1. The molecule has 0 radical (unpaired) electrons. The Hall–Kier alpha value is -1.41. The summed E-state index contributed by atoms with van der Waals surface area (Å²) in [5.41, 5.74) is 2.16. The quantitative estimate of drug-likeness (QED) is 0.782. The lowest BCUT2D eigenvalue weighted by molar-refractivity contribution is 0.273. The van der Waals surface area contributed by atoms with Gasteiger partial charge in [-0.3, -0.25) is 4.98 Å². The smallest absolute Gasteiger partial charge is 0.0702 e. The Labute approximate surface area is 83.2 Å². The zero-order valence-corrected chi connectivity index (χ0v) is 8.14. The van der Waals surface area contributed by atoms with Gasteiger partial charge in [-0.05, 0) is 23.8 Å². The fraction of sp³-hybridized carbons (Fsp3) is 0.250. The summed E-state index contributed by atoms with van der Waals surface area (Å²) in [6.07, 6.45) is 1.79. The van der Waals surface area contributed by atoms with Gasteiger partial charge in [-0.15, -0.1) is 0 Å². The van der Waals surface area contributed by atoms with Crippen LogP contribution >= 0.6 is 0 Å². The fourth-order valence-electron chi connectivity index (χ4n) is 1.51. The molecule has 1 atom stereocenters. The average molecular weight is 187 g/mol. The first-order valence-electron chi connectivity index (χ1n) is 4.77. The molecule has 2 rings (SSSR count). The van der Waals surface area contributed by atoms with E-state index in [-0.39, 0.29) is 12.5 Å². The molecule has 1 unspecified atom stereocenters. The number of hydrogen-bond donors (Lipinski definition) is 1. The van der Waals surface area contributed by atoms with Gasteiger partial charge >= 0.3 is 0 Å². The van der Waals surface area contributed by atoms with Crippen LogP contribution in [-0.2, 0) is 0 Å². The second-order valence-electron chi connectivity index (χ2n) is 3.54. The third-order valence-electron chi connectivity index (χ3n) is 2.47. The van der Waals surface area contributed by atoms with Crippen LogP contribution in [0.3, 0.4) is 0 Å². The van der Waals surface area contributed by atoms with Gasteiger partial charge in [-0.2, -0.15) is 0 Å². The van der Waals surface area contributed by atoms with Crippen molar-refractivity contribution in [2.24, 2.45) is 0 Å². The van der Waals surface area contributed by atoms with E-state index >= 15 is 0 Å². The van der Waals surface area contributed by atoms with Gasteiger partial charge < -0.3 is 5.11 Å². The van der Waals surface area contributed by atoms with Crippen LogP contribution < -0.4 is 0 Å². The van der Waals surface area contributed by atoms with E-state index in [1.807, 2.05) is 31.2 Å². The number of nitrogens with zero attached hydrogens (tertiary/aromatic N) is 1. The van der Waals surface area contributed by atoms with Gasteiger partial charge in [0.15, 0.2) is 0 Å². The Kier molecular flexibility index (Phi) is 2.46. The van der Waals surface area contributed by atoms with Gasteiger partial charge in [0, 0.05) is 24.1 Å². The highest BCUT2D eigenvalue weighted by molar-refractivity contribution is 5.79. The molecule has 0 spiro atoms. The number of fused-ring (bicyclic) bond motifs is 1. The van der Waals surface area contributed by atoms with Crippen molar-refractivity contribution in [3.8, 4) is 0 Å². The summed E-state index contributed by atoms with van der Waals surface area (Å²) < 4.78 is 0. The molecule has 0 fully saturated rings. The molecule has 1 aromatic heterocycles. The van der Waals surface area contributed by atoms with Crippen LogP contribution in [0.2, 0.25) is 0 Å². The number of hydrogen-bond acceptors (Lipinski definition) is 2. The molecular weight excluding hydrogens is 174 g/mol. The standard InChI is InChI=1S/C12H13NO/c1-9(8-14)10-4-5-12-11(7-10)3-2-6-13-12/h2-7,9,14H,8H2,1H3. The van der Waals surface area contributed by atoms with Crippen LogP contribution in [0.1, 0.15) is 18.4 Å². The van der Waals surface area contributed by atoms with Gasteiger partial charge in [0.2, 0.25) is 0 Å². The molecule has 0 aliphatic rings. The van der Waals surface area contributed by atoms with E-state index in [1.165, 1.54) is 0 Å². The monoisotopic (exact) mass is 187 g/mol. The molecule has 0 saturated heterocycles. The van der Waals surface area contributed by atoms with Crippen molar-refractivity contribution in [3.63, 3.8) is 0 Å². The Morgan fingerprint density at radius 2 is 2.21 bits per heavy atom. The zero-order chi connectivity index (χ0) is 9.97. The van der Waals surface area contributed by atoms with E-state index in [4.69, 9.17) is 5.11 Å². The van der Waals surface area contributed by atoms with E-state index in [0.717, 1.165) is 16.5 Å². The second kappa shape index (κ2) is 3.76. The van der Waals surface area contributed by atoms with Crippen LogP contribution in [0.15, 0.2) is 36.5 Å². The predicted octanol–water partition coefficient (Wildman–Crippen LogP) is 2.33. The van der Waals surface area contributed by atoms with Gasteiger partial charge in [0.25, 0.3) is 0 Å². The average Bonchev–Trinajstić information content (AvgIpc) is 2.27. The van der Waals surface area contributed by atoms with E-state index in [0.29, 0.717) is 0 Å². The first kappa shape index (κ1) is 9.16. The molecule has 14 heavy (non-hydrogen) atoms. The summed E-state index contributed by atoms with van der Waals surface area (Å²) in [7, 11) is 0. The van der Waals surface area contributed by atoms with Crippen LogP contribution in [0, 0.1) is 0 Å². The van der Waals surface area contributed by atoms with E-state index in [1.54, 1.807) is 6.20 Å². The highest BCUT2D eigenvalue weighted by Gasteiger charge is 2.04. The zero-order valence-electron chi connectivity index (χ0n) is 8.14. The number of rotatable bonds is 2. The summed E-state index contributed by atoms with van der Waals surface area (Å²) in [6, 6.07) is 10.1. The maximum absolute atomic E-state index is 9.04. The van der Waals surface area contributed by atoms with Crippen LogP contribution in [-0.4, -0.2) is 16.7 Å². The van der Waals surface area contributed by atoms with E-state index in [2.05, 4.69) is 11.1 Å². The summed E-state index contributed by atoms with van der Waals surface area (Å²) >= 11 is 0. The van der Waals surface area contributed by atoms with Crippen molar-refractivity contribution in [2.45, 2.75) is 12.8 Å². The Morgan fingerprint density at radius 3 is 3.00 bits per heavy atom. The maximum Gasteiger partial charge on any atom is 0.0702 e. The Balaban J connectivity index is 2.51. The molecule has 1 N–H and O–H groups in total. The molecule has 2 nitrogen and oxygen atoms in total. The van der Waals surface area contributed by atoms with Gasteiger partial charge in [-0.1, -0.05) is 19.1 Å². The molecule has 0 aliphatic carbocycles. The Morgan fingerprint density at radius 1 is 1.36 bits per heavy atom. The predicted molar refractivity (Wildman–Crippen MR) is 57.2 cm³/mol. The van der Waals surface area contributed by atoms with Crippen LogP contribution in [0.4, 0.5) is 0 Å². The normalized spacial score (nSPS) is 13.0. The summed E-state index contributed by atoms with van der Waals surface area (Å²) in [5, 5.41) is 10.2. The Bertz CT molecular complexity index is 439. The van der Waals surface area contributed by atoms with Crippen molar-refractivity contribution in [1.82, 2.24) is 4.98 Å². The first-order chi connectivity index (χ1) is 6.81. The van der Waals surface area contributed by atoms with E-state index < -0.39 is 0 Å². The van der Waals surface area contributed by atoms with Crippen molar-refractivity contribution >= 4 is 10.9 Å². The number of aliphatic hydroxyl groups is 1. The topological polar surface area (TPSA) is 33.1 Å². The molecule has 2 aromatic rings. The molecule has 2 heteroatoms. The number of benzene rings is 1. The van der Waals surface area contributed by atoms with Crippen LogP contribution in [0.5, 0.6) is 0 Å². The lowest BCUT2D eigenvalue weighted by Crippen LogP contribution is -1.98. The summed E-state index contributed by atoms with van der Waals surface area (Å²) in [6.45, 7) is 2.20. The van der Waals surface area contributed by atoms with Gasteiger partial charge in [0.1, 0.15) is 0 Å². The molecule has 0 aliphatic heterocycles. The minimum Gasteiger partial charge on any atom is -0.396 e. The molecule has 1 aromatic carbocycles. The third kappa shape index (κ3) is 1.61. The van der Waals surface area contributed by atoms with Crippen molar-refractivity contribution in [1.29, 1.82) is 0 Å². The van der Waals surface area contributed by atoms with Crippen molar-refractivity contribution in [2.75, 3.05) is 6.61 Å². The maximum atomic E-state index is 9.04. The lowest BCUT2D eigenvalue weighted by atomic mass is 10.0. The minimum atomic E-state index is 0.186. The van der Waals surface area contributed by atoms with Gasteiger partial charge in [-0.25, -0.2) is 0 Å². The number of aliphatic hydroxyl groups excluding tert-OH is 1. The van der Waals surface area contributed by atoms with Crippen molar-refractivity contribution < 1.29 is 5.11 Å². The highest BCUT2D eigenvalue weighted by atomic mass is 16.3. The second-order valence-corrected chi connectivity index (χ2v) is 3.54. The summed E-state index contributed by atoms with van der Waals surface area (Å²) in [5.74, 6) is 0.194. The SMILES string of the molecule is CC(CO)c1ccc2ncccc2c1. The van der Waals surface area contributed by atoms with E-state index in [9.17, 15) is 0 Å². The number of pyridine rings is 1. The van der Waals surface area contributed by atoms with Crippen molar-refractivity contribution in [3.05, 3.63) is 42.1 Å². The van der Waals surface area contributed by atoms with Gasteiger partial charge in [0.05, 0.1) is 5.52 Å². The molecule has 72 valence electrons. The molecular formula is C12H13NO. The highest BCUT2D eigenvalue weighted by Crippen LogP contribution is 2.19. The molecule has 0 bridgehead atoms. The summed E-state index contributed by atoms with van der Waals surface area (Å²) in [4.78, 5) is 4.24.